The van der Waals surface area contributed by atoms with Crippen LogP contribution in [0.4, 0.5) is 5.69 Å². The molecule has 0 aromatic heterocycles. The molecule has 0 saturated carbocycles. The van der Waals surface area contributed by atoms with Crippen molar-refractivity contribution in [2.24, 2.45) is 0 Å². The molecule has 0 atom stereocenters. The van der Waals surface area contributed by atoms with E-state index < -0.39 is 0 Å². The van der Waals surface area contributed by atoms with Gasteiger partial charge in [0.25, 0.3) is 0 Å². The second-order valence-corrected chi connectivity index (χ2v) is 5.34. The van der Waals surface area contributed by atoms with Crippen molar-refractivity contribution >= 4 is 11.5 Å². The summed E-state index contributed by atoms with van der Waals surface area (Å²) >= 11 is 0. The van der Waals surface area contributed by atoms with Crippen molar-refractivity contribution in [3.8, 4) is 0 Å². The smallest absolute Gasteiger partial charge is 0.190 e. The summed E-state index contributed by atoms with van der Waals surface area (Å²) in [6.07, 6.45) is 5.07. The number of allylic oxidation sites excluding steroid dienone is 1. The number of ketones is 1. The number of hydrogen-bond donors (Lipinski definition) is 0. The van der Waals surface area contributed by atoms with Crippen molar-refractivity contribution < 1.29 is 4.79 Å². The second-order valence-electron chi connectivity index (χ2n) is 5.34. The molecule has 21 heavy (non-hydrogen) atoms. The zero-order valence-corrected chi connectivity index (χ0v) is 12.0. The lowest BCUT2D eigenvalue weighted by atomic mass is 10.0. The van der Waals surface area contributed by atoms with E-state index in [-0.39, 0.29) is 5.78 Å². The molecule has 3 rings (SSSR count). The maximum absolute atomic E-state index is 12.6. The number of anilines is 1. The van der Waals surface area contributed by atoms with Gasteiger partial charge in [-0.3, -0.25) is 4.79 Å². The van der Waals surface area contributed by atoms with Crippen molar-refractivity contribution in [1.29, 1.82) is 0 Å². The van der Waals surface area contributed by atoms with Gasteiger partial charge in [-0.15, -0.1) is 0 Å². The van der Waals surface area contributed by atoms with Crippen LogP contribution in [0.3, 0.4) is 0 Å². The highest BCUT2D eigenvalue weighted by atomic mass is 16.1. The van der Waals surface area contributed by atoms with E-state index in [9.17, 15) is 4.79 Å². The minimum Gasteiger partial charge on any atom is -0.348 e. The first kappa shape index (κ1) is 13.6. The molecule has 0 N–H and O–H groups in total. The second kappa shape index (κ2) is 6.40. The van der Waals surface area contributed by atoms with Crippen LogP contribution in [0, 0.1) is 0 Å². The predicted octanol–water partition coefficient (Wildman–Crippen LogP) is 4.44. The summed E-state index contributed by atoms with van der Waals surface area (Å²) in [5, 5.41) is 0. The van der Waals surface area contributed by atoms with Crippen LogP contribution in [-0.4, -0.2) is 12.3 Å². The van der Waals surface area contributed by atoms with Gasteiger partial charge in [-0.2, -0.15) is 0 Å². The van der Waals surface area contributed by atoms with Gasteiger partial charge in [-0.25, -0.2) is 0 Å². The van der Waals surface area contributed by atoms with Crippen LogP contribution in [0.25, 0.3) is 0 Å². The summed E-state index contributed by atoms with van der Waals surface area (Å²) in [6.45, 7) is 0.968. The van der Waals surface area contributed by atoms with E-state index in [2.05, 4.69) is 17.0 Å². The van der Waals surface area contributed by atoms with Gasteiger partial charge in [0.2, 0.25) is 0 Å². The molecule has 2 heteroatoms. The van der Waals surface area contributed by atoms with E-state index in [0.717, 1.165) is 42.6 Å². The molecule has 2 nitrogen and oxygen atoms in total. The van der Waals surface area contributed by atoms with Gasteiger partial charge in [0, 0.05) is 29.6 Å². The zero-order valence-electron chi connectivity index (χ0n) is 12.0. The van der Waals surface area contributed by atoms with Gasteiger partial charge in [-0.05, 0) is 31.4 Å². The SMILES string of the molecule is O=C(C1=CN(c2ccccc2)CCCC1)c1ccccc1. The molecular weight excluding hydrogens is 258 g/mol. The molecule has 0 bridgehead atoms. The number of rotatable bonds is 3. The highest BCUT2D eigenvalue weighted by Crippen LogP contribution is 2.23. The summed E-state index contributed by atoms with van der Waals surface area (Å²) in [5.74, 6) is 0.151. The van der Waals surface area contributed by atoms with Gasteiger partial charge in [0.15, 0.2) is 5.78 Å². The molecule has 0 unspecified atom stereocenters. The average Bonchev–Trinajstić information content (AvgIpc) is 2.82. The maximum Gasteiger partial charge on any atom is 0.190 e. The Labute approximate surface area is 125 Å². The Hall–Kier alpha value is -2.35. The quantitative estimate of drug-likeness (QED) is 0.773. The molecule has 2 aromatic rings. The zero-order chi connectivity index (χ0) is 14.5. The van der Waals surface area contributed by atoms with E-state index in [4.69, 9.17) is 0 Å². The first-order chi connectivity index (χ1) is 10.3. The molecule has 0 radical (unpaired) electrons. The summed E-state index contributed by atoms with van der Waals surface area (Å²) in [6, 6.07) is 19.8. The van der Waals surface area contributed by atoms with E-state index in [0.29, 0.717) is 0 Å². The van der Waals surface area contributed by atoms with Crippen molar-refractivity contribution in [3.63, 3.8) is 0 Å². The topological polar surface area (TPSA) is 20.3 Å². The maximum atomic E-state index is 12.6. The number of carbonyl (C=O) groups excluding carboxylic acids is 1. The largest absolute Gasteiger partial charge is 0.348 e. The molecule has 0 amide bonds. The van der Waals surface area contributed by atoms with Crippen LogP contribution in [0.2, 0.25) is 0 Å². The third-order valence-corrected chi connectivity index (χ3v) is 3.82. The number of Topliss-reactive ketones (excluding diaryl/α,β-unsaturated/α-hetero) is 1. The van der Waals surface area contributed by atoms with Crippen LogP contribution in [0.5, 0.6) is 0 Å². The Morgan fingerprint density at radius 2 is 1.52 bits per heavy atom. The fraction of sp³-hybridized carbons (Fsp3) is 0.211. The molecule has 0 aliphatic carbocycles. The first-order valence-corrected chi connectivity index (χ1v) is 7.47. The lowest BCUT2D eigenvalue weighted by Crippen LogP contribution is -2.17. The summed E-state index contributed by atoms with van der Waals surface area (Å²) < 4.78 is 0. The Kier molecular flexibility index (Phi) is 4.15. The molecular formula is C19H19NO. The summed E-state index contributed by atoms with van der Waals surface area (Å²) in [4.78, 5) is 14.8. The molecule has 0 spiro atoms. The Balaban J connectivity index is 1.89. The van der Waals surface area contributed by atoms with Gasteiger partial charge in [-0.1, -0.05) is 48.5 Å². The lowest BCUT2D eigenvalue weighted by Gasteiger charge is -2.19. The molecule has 2 aromatic carbocycles. The third-order valence-electron chi connectivity index (χ3n) is 3.82. The molecule has 1 heterocycles. The molecule has 106 valence electrons. The van der Waals surface area contributed by atoms with Gasteiger partial charge >= 0.3 is 0 Å². The summed E-state index contributed by atoms with van der Waals surface area (Å²) in [7, 11) is 0. The number of carbonyl (C=O) groups is 1. The van der Waals surface area contributed by atoms with Crippen LogP contribution in [-0.2, 0) is 0 Å². The van der Waals surface area contributed by atoms with Crippen molar-refractivity contribution in [3.05, 3.63) is 78.0 Å². The first-order valence-electron chi connectivity index (χ1n) is 7.47. The van der Waals surface area contributed by atoms with Crippen molar-refractivity contribution in [2.45, 2.75) is 19.3 Å². The van der Waals surface area contributed by atoms with Gasteiger partial charge in [0.05, 0.1) is 0 Å². The van der Waals surface area contributed by atoms with Gasteiger partial charge in [0.1, 0.15) is 0 Å². The van der Waals surface area contributed by atoms with E-state index in [1.54, 1.807) is 0 Å². The fourth-order valence-corrected chi connectivity index (χ4v) is 2.68. The average molecular weight is 277 g/mol. The standard InChI is InChI=1S/C19H19NO/c21-19(16-9-3-1-4-10-16)17-11-7-8-14-20(15-17)18-12-5-2-6-13-18/h1-6,9-10,12-13,15H,7-8,11,14H2. The van der Waals surface area contributed by atoms with Crippen LogP contribution >= 0.6 is 0 Å². The molecule has 0 saturated heterocycles. The number of para-hydroxylation sites is 1. The molecule has 0 fully saturated rings. The number of benzene rings is 2. The van der Waals surface area contributed by atoms with Crippen LogP contribution in [0.15, 0.2) is 72.4 Å². The third kappa shape index (κ3) is 3.22. The van der Waals surface area contributed by atoms with Crippen LogP contribution < -0.4 is 4.90 Å². The van der Waals surface area contributed by atoms with E-state index >= 15 is 0 Å². The summed E-state index contributed by atoms with van der Waals surface area (Å²) in [5.41, 5.74) is 2.83. The van der Waals surface area contributed by atoms with Crippen molar-refractivity contribution in [1.82, 2.24) is 0 Å². The predicted molar refractivity (Wildman–Crippen MR) is 86.5 cm³/mol. The molecule has 1 aliphatic rings. The van der Waals surface area contributed by atoms with E-state index in [1.165, 1.54) is 0 Å². The Bertz CT molecular complexity index is 631. The minimum atomic E-state index is 0.151. The van der Waals surface area contributed by atoms with Gasteiger partial charge < -0.3 is 4.90 Å². The minimum absolute atomic E-state index is 0.151. The Morgan fingerprint density at radius 1 is 0.857 bits per heavy atom. The van der Waals surface area contributed by atoms with E-state index in [1.807, 2.05) is 54.7 Å². The highest BCUT2D eigenvalue weighted by Gasteiger charge is 2.17. The van der Waals surface area contributed by atoms with Crippen molar-refractivity contribution in [2.75, 3.05) is 11.4 Å². The monoisotopic (exact) mass is 277 g/mol. The molecule has 1 aliphatic heterocycles. The number of hydrogen-bond acceptors (Lipinski definition) is 2. The van der Waals surface area contributed by atoms with Crippen LogP contribution in [0.1, 0.15) is 29.6 Å². The lowest BCUT2D eigenvalue weighted by molar-refractivity contribution is 0.103. The normalized spacial score (nSPS) is 15.2. The highest BCUT2D eigenvalue weighted by molar-refractivity contribution is 6.08. The Morgan fingerprint density at radius 3 is 2.24 bits per heavy atom. The number of nitrogens with zero attached hydrogens (tertiary/aromatic N) is 1. The fourth-order valence-electron chi connectivity index (χ4n) is 2.68.